The Labute approximate surface area is 123 Å². The highest BCUT2D eigenvalue weighted by Gasteiger charge is 2.12. The van der Waals surface area contributed by atoms with Gasteiger partial charge < -0.3 is 9.84 Å². The molecule has 0 fully saturated rings. The Bertz CT molecular complexity index is 732. The molecule has 0 atom stereocenters. The Hall–Kier alpha value is -2.62. The number of aromatic nitrogens is 2. The fourth-order valence-corrected chi connectivity index (χ4v) is 2.21. The Morgan fingerprint density at radius 1 is 1.05 bits per heavy atom. The van der Waals surface area contributed by atoms with Crippen molar-refractivity contribution in [2.45, 2.75) is 13.3 Å². The minimum atomic E-state index is 0.544. The van der Waals surface area contributed by atoms with E-state index in [0.29, 0.717) is 18.1 Å². The van der Waals surface area contributed by atoms with Gasteiger partial charge in [-0.2, -0.15) is 4.98 Å². The number of benzene rings is 2. The van der Waals surface area contributed by atoms with Gasteiger partial charge in [-0.05, 0) is 24.6 Å². The lowest BCUT2D eigenvalue weighted by atomic mass is 10.1. The molecule has 0 spiro atoms. The van der Waals surface area contributed by atoms with Crippen molar-refractivity contribution in [3.8, 4) is 11.5 Å². The van der Waals surface area contributed by atoms with Gasteiger partial charge in [-0.15, -0.1) is 0 Å². The molecule has 2 aromatic carbocycles. The molecule has 0 radical (unpaired) electrons. The predicted octanol–water partition coefficient (Wildman–Crippen LogP) is 3.68. The third-order valence-electron chi connectivity index (χ3n) is 3.38. The molecule has 0 bridgehead atoms. The zero-order valence-electron chi connectivity index (χ0n) is 12.1. The zero-order chi connectivity index (χ0) is 14.7. The second kappa shape index (κ2) is 5.79. The van der Waals surface area contributed by atoms with Crippen molar-refractivity contribution in [3.63, 3.8) is 0 Å². The number of nitrogens with one attached hydrogen (secondary N) is 1. The Kier molecular flexibility index (Phi) is 3.69. The minimum Gasteiger partial charge on any atom is -0.387 e. The molecule has 1 aromatic heterocycles. The maximum atomic E-state index is 5.39. The van der Waals surface area contributed by atoms with E-state index in [2.05, 4.69) is 46.6 Å². The minimum absolute atomic E-state index is 0.544. The molecule has 4 heteroatoms. The summed E-state index contributed by atoms with van der Waals surface area (Å²) in [6.45, 7) is 2.07. The maximum absolute atomic E-state index is 5.39. The maximum Gasteiger partial charge on any atom is 0.260 e. The smallest absolute Gasteiger partial charge is 0.260 e. The van der Waals surface area contributed by atoms with Gasteiger partial charge in [0, 0.05) is 19.2 Å². The van der Waals surface area contributed by atoms with Crippen LogP contribution in [-0.2, 0) is 6.42 Å². The van der Waals surface area contributed by atoms with E-state index in [0.717, 1.165) is 11.3 Å². The van der Waals surface area contributed by atoms with Crippen molar-refractivity contribution in [1.82, 2.24) is 10.1 Å². The number of rotatable bonds is 4. The molecule has 1 N–H and O–H groups in total. The Morgan fingerprint density at radius 2 is 1.81 bits per heavy atom. The normalized spacial score (nSPS) is 10.6. The van der Waals surface area contributed by atoms with E-state index in [9.17, 15) is 0 Å². The number of aryl methyl sites for hydroxylation is 1. The molecular formula is C17H17N3O. The van der Waals surface area contributed by atoms with Crippen LogP contribution in [0.1, 0.15) is 17.0 Å². The second-order valence-electron chi connectivity index (χ2n) is 4.97. The van der Waals surface area contributed by atoms with Crippen LogP contribution >= 0.6 is 0 Å². The molecule has 0 aliphatic rings. The van der Waals surface area contributed by atoms with E-state index in [4.69, 9.17) is 4.52 Å². The number of hydrogen-bond acceptors (Lipinski definition) is 4. The Balaban J connectivity index is 1.84. The fraction of sp³-hybridized carbons (Fsp3) is 0.176. The molecule has 21 heavy (non-hydrogen) atoms. The van der Waals surface area contributed by atoms with Gasteiger partial charge in [0.25, 0.3) is 5.89 Å². The summed E-state index contributed by atoms with van der Waals surface area (Å²) < 4.78 is 5.39. The van der Waals surface area contributed by atoms with Crippen molar-refractivity contribution in [3.05, 3.63) is 65.5 Å². The third kappa shape index (κ3) is 2.94. The first-order valence-electron chi connectivity index (χ1n) is 6.91. The van der Waals surface area contributed by atoms with Gasteiger partial charge in [0.15, 0.2) is 5.82 Å². The average molecular weight is 279 g/mol. The van der Waals surface area contributed by atoms with Gasteiger partial charge in [-0.3, -0.25) is 0 Å². The first-order chi connectivity index (χ1) is 10.3. The topological polar surface area (TPSA) is 51.0 Å². The molecular weight excluding hydrogens is 262 g/mol. The van der Waals surface area contributed by atoms with Gasteiger partial charge in [0.05, 0.1) is 5.56 Å². The SMILES string of the molecule is CNc1ccccc1-c1nc(Cc2ccc(C)cc2)no1. The monoisotopic (exact) mass is 279 g/mol. The molecule has 0 aliphatic carbocycles. The standard InChI is InChI=1S/C17H17N3O/c1-12-7-9-13(10-8-12)11-16-19-17(21-20-16)14-5-3-4-6-15(14)18-2/h3-10,18H,11H2,1-2H3. The quantitative estimate of drug-likeness (QED) is 0.791. The number of para-hydroxylation sites is 1. The highest BCUT2D eigenvalue weighted by Crippen LogP contribution is 2.26. The average Bonchev–Trinajstić information content (AvgIpc) is 2.98. The molecule has 0 amide bonds. The highest BCUT2D eigenvalue weighted by atomic mass is 16.5. The van der Waals surface area contributed by atoms with Gasteiger partial charge in [-0.25, -0.2) is 0 Å². The summed E-state index contributed by atoms with van der Waals surface area (Å²) in [4.78, 5) is 4.49. The molecule has 0 saturated carbocycles. The van der Waals surface area contributed by atoms with Gasteiger partial charge >= 0.3 is 0 Å². The van der Waals surface area contributed by atoms with Crippen LogP contribution < -0.4 is 5.32 Å². The van der Waals surface area contributed by atoms with Crippen LogP contribution in [0.3, 0.4) is 0 Å². The van der Waals surface area contributed by atoms with E-state index in [1.165, 1.54) is 11.1 Å². The van der Waals surface area contributed by atoms with E-state index < -0.39 is 0 Å². The van der Waals surface area contributed by atoms with E-state index >= 15 is 0 Å². The van der Waals surface area contributed by atoms with Gasteiger partial charge in [0.1, 0.15) is 0 Å². The lowest BCUT2D eigenvalue weighted by molar-refractivity contribution is 0.424. The summed E-state index contributed by atoms with van der Waals surface area (Å²) in [6.07, 6.45) is 0.672. The van der Waals surface area contributed by atoms with Crippen molar-refractivity contribution in [2.75, 3.05) is 12.4 Å². The van der Waals surface area contributed by atoms with Crippen LogP contribution in [0.5, 0.6) is 0 Å². The lowest BCUT2D eigenvalue weighted by Gasteiger charge is -2.03. The summed E-state index contributed by atoms with van der Waals surface area (Å²) in [5, 5.41) is 7.20. The van der Waals surface area contributed by atoms with Crippen molar-refractivity contribution >= 4 is 5.69 Å². The summed E-state index contributed by atoms with van der Waals surface area (Å²) in [7, 11) is 1.88. The number of anilines is 1. The van der Waals surface area contributed by atoms with Crippen LogP contribution in [0.25, 0.3) is 11.5 Å². The second-order valence-corrected chi connectivity index (χ2v) is 4.97. The number of hydrogen-bond donors (Lipinski definition) is 1. The van der Waals surface area contributed by atoms with Crippen LogP contribution in [0.2, 0.25) is 0 Å². The van der Waals surface area contributed by atoms with Crippen LogP contribution in [-0.4, -0.2) is 17.2 Å². The van der Waals surface area contributed by atoms with E-state index in [-0.39, 0.29) is 0 Å². The highest BCUT2D eigenvalue weighted by molar-refractivity contribution is 5.72. The molecule has 0 aliphatic heterocycles. The van der Waals surface area contributed by atoms with Crippen LogP contribution in [0, 0.1) is 6.92 Å². The third-order valence-corrected chi connectivity index (χ3v) is 3.38. The molecule has 3 rings (SSSR count). The molecule has 4 nitrogen and oxygen atoms in total. The van der Waals surface area contributed by atoms with Crippen LogP contribution in [0.15, 0.2) is 53.1 Å². The summed E-state index contributed by atoms with van der Waals surface area (Å²) in [5.41, 5.74) is 4.32. The van der Waals surface area contributed by atoms with Crippen molar-refractivity contribution < 1.29 is 4.52 Å². The largest absolute Gasteiger partial charge is 0.387 e. The zero-order valence-corrected chi connectivity index (χ0v) is 12.1. The lowest BCUT2D eigenvalue weighted by Crippen LogP contribution is -1.93. The number of nitrogens with zero attached hydrogens (tertiary/aromatic N) is 2. The summed E-state index contributed by atoms with van der Waals surface area (Å²) in [5.74, 6) is 1.24. The summed E-state index contributed by atoms with van der Waals surface area (Å²) >= 11 is 0. The van der Waals surface area contributed by atoms with Crippen molar-refractivity contribution in [1.29, 1.82) is 0 Å². The molecule has 0 unspecified atom stereocenters. The molecule has 106 valence electrons. The Morgan fingerprint density at radius 3 is 2.57 bits per heavy atom. The van der Waals surface area contributed by atoms with E-state index in [1.54, 1.807) is 0 Å². The molecule has 3 aromatic rings. The predicted molar refractivity (Wildman–Crippen MR) is 83.3 cm³/mol. The molecule has 1 heterocycles. The van der Waals surface area contributed by atoms with Crippen LogP contribution in [0.4, 0.5) is 5.69 Å². The molecule has 0 saturated heterocycles. The van der Waals surface area contributed by atoms with Crippen molar-refractivity contribution in [2.24, 2.45) is 0 Å². The van der Waals surface area contributed by atoms with Gasteiger partial charge in [0.2, 0.25) is 0 Å². The summed E-state index contributed by atoms with van der Waals surface area (Å²) in [6, 6.07) is 16.2. The first kappa shape index (κ1) is 13.4. The first-order valence-corrected chi connectivity index (χ1v) is 6.91. The fourth-order valence-electron chi connectivity index (χ4n) is 2.21. The van der Waals surface area contributed by atoms with Gasteiger partial charge in [-0.1, -0.05) is 47.1 Å². The van der Waals surface area contributed by atoms with E-state index in [1.807, 2.05) is 31.3 Å².